The van der Waals surface area contributed by atoms with Crippen molar-refractivity contribution in [2.24, 2.45) is 11.8 Å². The van der Waals surface area contributed by atoms with Crippen LogP contribution in [0.1, 0.15) is 33.6 Å². The Hall–Kier alpha value is -0.860. The van der Waals surface area contributed by atoms with Crippen molar-refractivity contribution in [2.75, 3.05) is 7.11 Å². The van der Waals surface area contributed by atoms with Gasteiger partial charge in [0.2, 0.25) is 0 Å². The van der Waals surface area contributed by atoms with E-state index < -0.39 is 0 Å². The molecule has 13 heavy (non-hydrogen) atoms. The molecule has 0 aromatic heterocycles. The van der Waals surface area contributed by atoms with Gasteiger partial charge in [-0.05, 0) is 5.92 Å². The van der Waals surface area contributed by atoms with Crippen LogP contribution >= 0.6 is 0 Å². The topological polar surface area (TPSA) is 43.4 Å². The zero-order valence-corrected chi connectivity index (χ0v) is 8.79. The number of hydrogen-bond donors (Lipinski definition) is 0. The molecule has 0 aliphatic rings. The molecule has 3 nitrogen and oxygen atoms in total. The van der Waals surface area contributed by atoms with Crippen LogP contribution in [0.5, 0.6) is 0 Å². The van der Waals surface area contributed by atoms with Crippen molar-refractivity contribution in [2.45, 2.75) is 33.6 Å². The molecule has 0 aliphatic heterocycles. The van der Waals surface area contributed by atoms with Crippen LogP contribution in [0.15, 0.2) is 0 Å². The van der Waals surface area contributed by atoms with Crippen LogP contribution in [-0.2, 0) is 14.3 Å². The standard InChI is InChI=1S/C10H18O3/c1-7(2)9(11)5-8(3)6-10(12)13-4/h7-8H,5-6H2,1-4H3/t8-/m1/s1. The van der Waals surface area contributed by atoms with Gasteiger partial charge in [0.05, 0.1) is 7.11 Å². The largest absolute Gasteiger partial charge is 0.469 e. The number of Topliss-reactive ketones (excluding diaryl/α,β-unsaturated/α-hetero) is 1. The summed E-state index contributed by atoms with van der Waals surface area (Å²) in [5.74, 6) is 0.0999. The zero-order chi connectivity index (χ0) is 10.4. The predicted molar refractivity (Wildman–Crippen MR) is 50.3 cm³/mol. The summed E-state index contributed by atoms with van der Waals surface area (Å²) >= 11 is 0. The van der Waals surface area contributed by atoms with E-state index in [-0.39, 0.29) is 23.6 Å². The number of ketones is 1. The third-order valence-corrected chi connectivity index (χ3v) is 1.94. The molecule has 0 saturated heterocycles. The highest BCUT2D eigenvalue weighted by atomic mass is 16.5. The van der Waals surface area contributed by atoms with Crippen molar-refractivity contribution in [1.29, 1.82) is 0 Å². The Morgan fingerprint density at radius 3 is 2.08 bits per heavy atom. The fourth-order valence-corrected chi connectivity index (χ4v) is 1.02. The fourth-order valence-electron chi connectivity index (χ4n) is 1.02. The molecular formula is C10H18O3. The van der Waals surface area contributed by atoms with E-state index in [4.69, 9.17) is 0 Å². The van der Waals surface area contributed by atoms with Crippen molar-refractivity contribution in [3.05, 3.63) is 0 Å². The van der Waals surface area contributed by atoms with E-state index in [1.54, 1.807) is 0 Å². The minimum atomic E-state index is -0.246. The molecule has 1 atom stereocenters. The summed E-state index contributed by atoms with van der Waals surface area (Å²) < 4.78 is 4.51. The van der Waals surface area contributed by atoms with Crippen LogP contribution in [0.4, 0.5) is 0 Å². The van der Waals surface area contributed by atoms with Gasteiger partial charge in [-0.25, -0.2) is 0 Å². The van der Waals surface area contributed by atoms with Crippen molar-refractivity contribution >= 4 is 11.8 Å². The summed E-state index contributed by atoms with van der Waals surface area (Å²) in [6.45, 7) is 5.62. The van der Waals surface area contributed by atoms with Gasteiger partial charge in [-0.2, -0.15) is 0 Å². The van der Waals surface area contributed by atoms with Gasteiger partial charge in [-0.3, -0.25) is 9.59 Å². The molecule has 0 rings (SSSR count). The minimum absolute atomic E-state index is 0.0556. The van der Waals surface area contributed by atoms with E-state index in [9.17, 15) is 9.59 Å². The van der Waals surface area contributed by atoms with E-state index in [1.807, 2.05) is 20.8 Å². The molecule has 0 spiro atoms. The quantitative estimate of drug-likeness (QED) is 0.615. The molecule has 0 heterocycles. The van der Waals surface area contributed by atoms with Crippen LogP contribution < -0.4 is 0 Å². The molecule has 0 amide bonds. The van der Waals surface area contributed by atoms with Crippen LogP contribution in [0.3, 0.4) is 0 Å². The average Bonchev–Trinajstić information content (AvgIpc) is 2.03. The summed E-state index contributed by atoms with van der Waals surface area (Å²) in [5, 5.41) is 0. The monoisotopic (exact) mass is 186 g/mol. The highest BCUT2D eigenvalue weighted by Gasteiger charge is 2.15. The highest BCUT2D eigenvalue weighted by molar-refractivity contribution is 5.81. The SMILES string of the molecule is COC(=O)C[C@H](C)CC(=O)C(C)C. The third kappa shape index (κ3) is 5.39. The van der Waals surface area contributed by atoms with E-state index in [1.165, 1.54) is 7.11 Å². The number of carbonyl (C=O) groups is 2. The molecule has 0 unspecified atom stereocenters. The molecule has 0 saturated carbocycles. The molecule has 3 heteroatoms. The molecule has 0 bridgehead atoms. The molecule has 0 aliphatic carbocycles. The van der Waals surface area contributed by atoms with Crippen molar-refractivity contribution in [3.8, 4) is 0 Å². The van der Waals surface area contributed by atoms with Gasteiger partial charge in [-0.1, -0.05) is 20.8 Å². The molecule has 0 fully saturated rings. The Balaban J connectivity index is 3.80. The predicted octanol–water partition coefficient (Wildman–Crippen LogP) is 1.80. The van der Waals surface area contributed by atoms with Crippen LogP contribution in [0.25, 0.3) is 0 Å². The van der Waals surface area contributed by atoms with Gasteiger partial charge in [0.1, 0.15) is 5.78 Å². The molecule has 76 valence electrons. The van der Waals surface area contributed by atoms with Gasteiger partial charge < -0.3 is 4.74 Å². The maximum Gasteiger partial charge on any atom is 0.305 e. The second-order valence-electron chi connectivity index (χ2n) is 3.71. The van der Waals surface area contributed by atoms with E-state index >= 15 is 0 Å². The summed E-state index contributed by atoms with van der Waals surface area (Å²) in [4.78, 5) is 22.1. The van der Waals surface area contributed by atoms with Crippen LogP contribution in [0, 0.1) is 11.8 Å². The highest BCUT2D eigenvalue weighted by Crippen LogP contribution is 2.12. The lowest BCUT2D eigenvalue weighted by Gasteiger charge is -2.10. The van der Waals surface area contributed by atoms with E-state index in [0.717, 1.165) is 0 Å². The maximum atomic E-state index is 11.3. The Bertz CT molecular complexity index is 185. The van der Waals surface area contributed by atoms with Gasteiger partial charge in [0, 0.05) is 18.8 Å². The lowest BCUT2D eigenvalue weighted by molar-refractivity contribution is -0.141. The lowest BCUT2D eigenvalue weighted by atomic mass is 9.96. The molecular weight excluding hydrogens is 168 g/mol. The number of hydrogen-bond acceptors (Lipinski definition) is 3. The second-order valence-corrected chi connectivity index (χ2v) is 3.71. The number of methoxy groups -OCH3 is 1. The maximum absolute atomic E-state index is 11.3. The van der Waals surface area contributed by atoms with Gasteiger partial charge >= 0.3 is 5.97 Å². The zero-order valence-electron chi connectivity index (χ0n) is 8.79. The average molecular weight is 186 g/mol. The van der Waals surface area contributed by atoms with Gasteiger partial charge in [0.25, 0.3) is 0 Å². The molecule has 0 radical (unpaired) electrons. The van der Waals surface area contributed by atoms with Gasteiger partial charge in [-0.15, -0.1) is 0 Å². The minimum Gasteiger partial charge on any atom is -0.469 e. The summed E-state index contributed by atoms with van der Waals surface area (Å²) in [5.41, 5.74) is 0. The van der Waals surface area contributed by atoms with E-state index in [2.05, 4.69) is 4.74 Å². The first-order chi connectivity index (χ1) is 5.97. The van der Waals surface area contributed by atoms with Crippen LogP contribution in [0.2, 0.25) is 0 Å². The van der Waals surface area contributed by atoms with Crippen molar-refractivity contribution in [1.82, 2.24) is 0 Å². The third-order valence-electron chi connectivity index (χ3n) is 1.94. The first-order valence-electron chi connectivity index (χ1n) is 4.56. The first-order valence-corrected chi connectivity index (χ1v) is 4.56. The summed E-state index contributed by atoms with van der Waals surface area (Å²) in [7, 11) is 1.36. The lowest BCUT2D eigenvalue weighted by Crippen LogP contribution is -2.14. The smallest absolute Gasteiger partial charge is 0.305 e. The Morgan fingerprint density at radius 2 is 1.69 bits per heavy atom. The second kappa shape index (κ2) is 5.73. The number of rotatable bonds is 5. The Kier molecular flexibility index (Phi) is 5.35. The normalized spacial score (nSPS) is 12.7. The Morgan fingerprint density at radius 1 is 1.15 bits per heavy atom. The Labute approximate surface area is 79.5 Å². The first kappa shape index (κ1) is 12.1. The van der Waals surface area contributed by atoms with E-state index in [0.29, 0.717) is 12.8 Å². The van der Waals surface area contributed by atoms with Gasteiger partial charge in [0.15, 0.2) is 0 Å². The van der Waals surface area contributed by atoms with Crippen molar-refractivity contribution in [3.63, 3.8) is 0 Å². The number of esters is 1. The van der Waals surface area contributed by atoms with Crippen LogP contribution in [-0.4, -0.2) is 18.9 Å². The summed E-state index contributed by atoms with van der Waals surface area (Å²) in [6.07, 6.45) is 0.793. The fraction of sp³-hybridized carbons (Fsp3) is 0.800. The molecule has 0 aromatic carbocycles. The summed E-state index contributed by atoms with van der Waals surface area (Å²) in [6, 6.07) is 0. The molecule has 0 N–H and O–H groups in total. The molecule has 0 aromatic rings. The number of ether oxygens (including phenoxy) is 1. The number of carbonyl (C=O) groups excluding carboxylic acids is 2. The van der Waals surface area contributed by atoms with Crippen molar-refractivity contribution < 1.29 is 14.3 Å².